The molecule has 1 saturated heterocycles. The smallest absolute Gasteiger partial charge is 0.312 e. The van der Waals surface area contributed by atoms with Crippen LogP contribution >= 0.6 is 0 Å². The number of hydrogen-bond donors (Lipinski definition) is 0. The van der Waals surface area contributed by atoms with Gasteiger partial charge >= 0.3 is 5.97 Å². The fourth-order valence-corrected chi connectivity index (χ4v) is 3.85. The molecule has 2 heterocycles. The van der Waals surface area contributed by atoms with E-state index < -0.39 is 0 Å². The molecule has 0 atom stereocenters. The zero-order chi connectivity index (χ0) is 19.3. The first kappa shape index (κ1) is 18.7. The molecular weight excluding hydrogens is 356 g/mol. The Labute approximate surface area is 164 Å². The van der Waals surface area contributed by atoms with Crippen LogP contribution in [0.15, 0.2) is 34.9 Å². The van der Waals surface area contributed by atoms with Crippen molar-refractivity contribution in [1.29, 1.82) is 0 Å². The van der Waals surface area contributed by atoms with Gasteiger partial charge in [-0.1, -0.05) is 17.6 Å². The topological polar surface area (TPSA) is 64.8 Å². The Hall–Kier alpha value is -2.60. The van der Waals surface area contributed by atoms with Crippen LogP contribution < -0.4 is 4.74 Å². The van der Waals surface area contributed by atoms with Crippen LogP contribution in [0.25, 0.3) is 21.7 Å². The van der Waals surface area contributed by atoms with Crippen LogP contribution in [0.2, 0.25) is 0 Å². The summed E-state index contributed by atoms with van der Waals surface area (Å²) >= 11 is 0. The maximum absolute atomic E-state index is 11.9. The van der Waals surface area contributed by atoms with E-state index >= 15 is 0 Å². The molecule has 0 saturated carbocycles. The van der Waals surface area contributed by atoms with Crippen LogP contribution in [-0.2, 0) is 16.0 Å². The van der Waals surface area contributed by atoms with E-state index in [1.807, 2.05) is 30.3 Å². The summed E-state index contributed by atoms with van der Waals surface area (Å²) in [6, 6.07) is 9.90. The van der Waals surface area contributed by atoms with Crippen molar-refractivity contribution >= 4 is 27.7 Å². The number of rotatable bonds is 7. The Morgan fingerprint density at radius 3 is 2.86 bits per heavy atom. The first-order valence-corrected chi connectivity index (χ1v) is 10.1. The molecule has 0 radical (unpaired) electrons. The summed E-state index contributed by atoms with van der Waals surface area (Å²) in [5, 5.41) is 6.98. The number of likely N-dealkylation sites (tertiary alicyclic amines) is 1. The molecule has 4 rings (SSSR count). The summed E-state index contributed by atoms with van der Waals surface area (Å²) in [5.41, 5.74) is 1.28. The Morgan fingerprint density at radius 1 is 1.18 bits per heavy atom. The number of carbonyl (C=O) groups excluding carboxylic acids is 1. The highest BCUT2D eigenvalue weighted by Gasteiger charge is 2.16. The molecule has 0 N–H and O–H groups in total. The number of fused-ring (bicyclic) bond motifs is 3. The molecule has 0 amide bonds. The monoisotopic (exact) mass is 382 g/mol. The fourth-order valence-electron chi connectivity index (χ4n) is 3.85. The molecule has 1 fully saturated rings. The van der Waals surface area contributed by atoms with E-state index in [1.165, 1.54) is 32.4 Å². The van der Waals surface area contributed by atoms with Crippen molar-refractivity contribution in [2.45, 2.75) is 32.6 Å². The van der Waals surface area contributed by atoms with Crippen LogP contribution in [0.4, 0.5) is 0 Å². The molecule has 6 heteroatoms. The van der Waals surface area contributed by atoms with Crippen LogP contribution in [-0.4, -0.2) is 48.9 Å². The van der Waals surface area contributed by atoms with E-state index in [2.05, 4.69) is 10.1 Å². The molecule has 3 aromatic rings. The number of esters is 1. The first-order chi connectivity index (χ1) is 13.7. The molecule has 1 aliphatic heterocycles. The lowest BCUT2D eigenvalue weighted by Gasteiger charge is -2.26. The number of aromatic nitrogens is 1. The molecule has 6 nitrogen and oxygen atoms in total. The highest BCUT2D eigenvalue weighted by atomic mass is 16.5. The van der Waals surface area contributed by atoms with Crippen molar-refractivity contribution in [3.8, 4) is 5.75 Å². The second-order valence-corrected chi connectivity index (χ2v) is 7.18. The maximum Gasteiger partial charge on any atom is 0.312 e. The molecule has 0 bridgehead atoms. The van der Waals surface area contributed by atoms with Gasteiger partial charge in [0.2, 0.25) is 0 Å². The van der Waals surface area contributed by atoms with Gasteiger partial charge in [-0.15, -0.1) is 0 Å². The molecular formula is C22H26N2O4. The van der Waals surface area contributed by atoms with Crippen molar-refractivity contribution in [3.63, 3.8) is 0 Å². The Balaban J connectivity index is 1.51. The lowest BCUT2D eigenvalue weighted by molar-refractivity contribution is -0.142. The van der Waals surface area contributed by atoms with Crippen LogP contribution in [0.1, 0.15) is 31.9 Å². The molecule has 28 heavy (non-hydrogen) atoms. The minimum absolute atomic E-state index is 0.105. The summed E-state index contributed by atoms with van der Waals surface area (Å²) in [4.78, 5) is 14.3. The third-order valence-electron chi connectivity index (χ3n) is 5.24. The minimum Gasteiger partial charge on any atom is -0.492 e. The quantitative estimate of drug-likeness (QED) is 0.577. The highest BCUT2D eigenvalue weighted by molar-refractivity contribution is 6.07. The van der Waals surface area contributed by atoms with Gasteiger partial charge in [0.15, 0.2) is 5.58 Å². The van der Waals surface area contributed by atoms with Gasteiger partial charge in [0, 0.05) is 6.54 Å². The number of benzene rings is 2. The van der Waals surface area contributed by atoms with Gasteiger partial charge in [0.1, 0.15) is 18.1 Å². The van der Waals surface area contributed by atoms with E-state index in [-0.39, 0.29) is 12.4 Å². The highest BCUT2D eigenvalue weighted by Crippen LogP contribution is 2.31. The number of nitrogens with zero attached hydrogens (tertiary/aromatic N) is 2. The van der Waals surface area contributed by atoms with E-state index in [1.54, 1.807) is 6.92 Å². The summed E-state index contributed by atoms with van der Waals surface area (Å²) in [7, 11) is 0. The molecule has 0 aliphatic carbocycles. The Kier molecular flexibility index (Phi) is 5.76. The van der Waals surface area contributed by atoms with Crippen molar-refractivity contribution in [2.24, 2.45) is 0 Å². The Bertz CT molecular complexity index is 960. The SMILES string of the molecule is CCOC(=O)Cc1noc2ccc3cc(OCCN4CCCCC4)ccc3c12. The average molecular weight is 382 g/mol. The summed E-state index contributed by atoms with van der Waals surface area (Å²) < 4.78 is 16.4. The van der Waals surface area contributed by atoms with E-state index in [9.17, 15) is 4.79 Å². The van der Waals surface area contributed by atoms with Crippen molar-refractivity contribution < 1.29 is 18.8 Å². The second-order valence-electron chi connectivity index (χ2n) is 7.18. The van der Waals surface area contributed by atoms with Gasteiger partial charge in [-0.25, -0.2) is 0 Å². The van der Waals surface area contributed by atoms with Crippen molar-refractivity contribution in [2.75, 3.05) is 32.8 Å². The molecule has 1 aromatic heterocycles. The number of carbonyl (C=O) groups is 1. The first-order valence-electron chi connectivity index (χ1n) is 10.1. The summed E-state index contributed by atoms with van der Waals surface area (Å²) in [6.07, 6.45) is 4.03. The van der Waals surface area contributed by atoms with Gasteiger partial charge in [0.25, 0.3) is 0 Å². The van der Waals surface area contributed by atoms with Crippen LogP contribution in [0.5, 0.6) is 5.75 Å². The van der Waals surface area contributed by atoms with Crippen LogP contribution in [0.3, 0.4) is 0 Å². The lowest BCUT2D eigenvalue weighted by atomic mass is 10.0. The standard InChI is InChI=1S/C22H26N2O4/c1-2-26-21(25)15-19-22-18-8-7-17(14-16(18)6-9-20(22)28-23-19)27-13-12-24-10-4-3-5-11-24/h6-9,14H,2-5,10-13,15H2,1H3. The molecule has 2 aromatic carbocycles. The third-order valence-corrected chi connectivity index (χ3v) is 5.24. The summed E-state index contributed by atoms with van der Waals surface area (Å²) in [6.45, 7) is 6.15. The third kappa shape index (κ3) is 4.12. The van der Waals surface area contributed by atoms with E-state index in [0.29, 0.717) is 24.5 Å². The fraction of sp³-hybridized carbons (Fsp3) is 0.455. The molecule has 0 spiro atoms. The zero-order valence-corrected chi connectivity index (χ0v) is 16.3. The van der Waals surface area contributed by atoms with E-state index in [0.717, 1.165) is 28.5 Å². The number of ether oxygens (including phenoxy) is 2. The largest absolute Gasteiger partial charge is 0.492 e. The predicted molar refractivity (Wildman–Crippen MR) is 108 cm³/mol. The zero-order valence-electron chi connectivity index (χ0n) is 16.3. The van der Waals surface area contributed by atoms with Crippen molar-refractivity contribution in [3.05, 3.63) is 36.0 Å². The maximum atomic E-state index is 11.9. The van der Waals surface area contributed by atoms with Gasteiger partial charge in [0.05, 0.1) is 18.4 Å². The van der Waals surface area contributed by atoms with Crippen LogP contribution in [0, 0.1) is 0 Å². The predicted octanol–water partition coefficient (Wildman–Crippen LogP) is 3.95. The Morgan fingerprint density at radius 2 is 2.04 bits per heavy atom. The number of piperidine rings is 1. The lowest BCUT2D eigenvalue weighted by Crippen LogP contribution is -2.33. The normalized spacial score (nSPS) is 15.2. The molecule has 148 valence electrons. The number of hydrogen-bond acceptors (Lipinski definition) is 6. The van der Waals surface area contributed by atoms with Crippen molar-refractivity contribution in [1.82, 2.24) is 10.1 Å². The van der Waals surface area contributed by atoms with Gasteiger partial charge < -0.3 is 14.0 Å². The molecule has 1 aliphatic rings. The second kappa shape index (κ2) is 8.61. The van der Waals surface area contributed by atoms with E-state index in [4.69, 9.17) is 14.0 Å². The van der Waals surface area contributed by atoms with Gasteiger partial charge in [-0.3, -0.25) is 9.69 Å². The van der Waals surface area contributed by atoms with Gasteiger partial charge in [-0.05, 0) is 67.9 Å². The van der Waals surface area contributed by atoms with Gasteiger partial charge in [-0.2, -0.15) is 0 Å². The minimum atomic E-state index is -0.299. The summed E-state index contributed by atoms with van der Waals surface area (Å²) in [5.74, 6) is 0.555. The average Bonchev–Trinajstić information content (AvgIpc) is 3.12. The molecule has 0 unspecified atom stereocenters.